The number of nitrogens with zero attached hydrogens (tertiary/aromatic N) is 6. The van der Waals surface area contributed by atoms with Crippen molar-refractivity contribution >= 4 is 34.4 Å². The van der Waals surface area contributed by atoms with Crippen LogP contribution in [-0.2, 0) is 19.7 Å². The Bertz CT molecular complexity index is 2220. The molecule has 4 heterocycles. The second-order valence-corrected chi connectivity index (χ2v) is 10.8. The van der Waals surface area contributed by atoms with Gasteiger partial charge in [0.15, 0.2) is 11.5 Å². The average molecular weight is 699 g/mol. The molecule has 0 saturated carbocycles. The molecule has 51 heavy (non-hydrogen) atoms. The summed E-state index contributed by atoms with van der Waals surface area (Å²) >= 11 is 0. The lowest BCUT2D eigenvalue weighted by Crippen LogP contribution is -2.31. The summed E-state index contributed by atoms with van der Waals surface area (Å²) in [4.78, 5) is 52.0. The number of hydrogen-bond acceptors (Lipinski definition) is 10. The average Bonchev–Trinajstić information content (AvgIpc) is 3.81. The molecule has 0 aliphatic carbocycles. The number of hydrogen-bond donors (Lipinski definition) is 5. The van der Waals surface area contributed by atoms with Crippen LogP contribution in [0, 0.1) is 13.8 Å². The highest BCUT2D eigenvalue weighted by molar-refractivity contribution is 6.11. The third-order valence-electron chi connectivity index (χ3n) is 7.54. The van der Waals surface area contributed by atoms with Crippen molar-refractivity contribution in [2.75, 3.05) is 10.6 Å². The summed E-state index contributed by atoms with van der Waals surface area (Å²) in [5.74, 6) is -0.227. The summed E-state index contributed by atoms with van der Waals surface area (Å²) < 4.78 is 9.16. The Morgan fingerprint density at radius 1 is 0.902 bits per heavy atom. The van der Waals surface area contributed by atoms with E-state index in [0.29, 0.717) is 45.0 Å². The second-order valence-electron chi connectivity index (χ2n) is 10.8. The van der Waals surface area contributed by atoms with E-state index < -0.39 is 17.9 Å². The van der Waals surface area contributed by atoms with E-state index >= 15 is 0 Å². The first-order chi connectivity index (χ1) is 24.3. The minimum absolute atomic E-state index is 0.0450. The molecule has 0 aliphatic rings. The zero-order valence-corrected chi connectivity index (χ0v) is 29.7. The number of benzene rings is 2. The second kappa shape index (κ2) is 15.8. The van der Waals surface area contributed by atoms with Gasteiger partial charge in [-0.1, -0.05) is 58.0 Å². The highest BCUT2D eigenvalue weighted by atomic mass is 16.7. The maximum atomic E-state index is 13.7. The highest BCUT2D eigenvalue weighted by Gasteiger charge is 2.23. The number of rotatable bonds is 8. The zero-order chi connectivity index (χ0) is 37.6. The fraction of sp³-hybridized carbons (Fsp3) is 0.278. The molecule has 268 valence electrons. The van der Waals surface area contributed by atoms with E-state index in [1.807, 2.05) is 69.5 Å². The van der Waals surface area contributed by atoms with Crippen LogP contribution in [0.1, 0.15) is 67.0 Å². The Morgan fingerprint density at radius 3 is 2.16 bits per heavy atom. The van der Waals surface area contributed by atoms with Gasteiger partial charge in [0.1, 0.15) is 17.9 Å². The number of anilines is 2. The SMILES string of the molecule is CC.CC.CCn1c(-c2ccc(-c3c(C)on(C)c3=O)cc2)cc2nc(C)nc(C(=O)Nc3cccc(C(=O)Nc4cn(C(O)(O)O)cn4)c3)c21. The third-order valence-corrected chi connectivity index (χ3v) is 7.54. The summed E-state index contributed by atoms with van der Waals surface area (Å²) in [6, 6.07) is 15.6. The number of fused-ring (bicyclic) bond motifs is 1. The maximum Gasteiger partial charge on any atom is 0.374 e. The Balaban J connectivity index is 0.00000141. The number of carbonyl (C=O) groups excluding carboxylic acids is 2. The van der Waals surface area contributed by atoms with Crippen LogP contribution in [0.25, 0.3) is 33.4 Å². The Labute approximate surface area is 293 Å². The molecule has 0 fully saturated rings. The lowest BCUT2D eigenvalue weighted by Gasteiger charge is -2.13. The molecular formula is C36H42N8O7. The van der Waals surface area contributed by atoms with Gasteiger partial charge in [-0.05, 0) is 56.2 Å². The number of aliphatic hydroxyl groups is 3. The number of imidazole rings is 1. The molecule has 0 atom stereocenters. The van der Waals surface area contributed by atoms with Crippen molar-refractivity contribution in [3.05, 3.63) is 100 Å². The fourth-order valence-corrected chi connectivity index (χ4v) is 5.41. The standard InChI is InChI=1S/C32H30N8O7.2C2H6/c1-5-40-24(19-9-11-20(12-10-19)26-17(2)47-38(4)31(26)43)14-23-28(40)27(35-18(3)34-23)30(42)36-22-8-6-7-21(13-22)29(41)37-25-15-39(16-33-25)32(44,45)46;2*1-2/h6-16,44-46H,5H2,1-4H3,(H,36,42)(H,37,41);2*1-2H3. The van der Waals surface area contributed by atoms with Crippen LogP contribution >= 0.6 is 0 Å². The van der Waals surface area contributed by atoms with Crippen molar-refractivity contribution in [3.8, 4) is 22.4 Å². The van der Waals surface area contributed by atoms with Crippen LogP contribution in [-0.4, -0.2) is 56.0 Å². The minimum atomic E-state index is -3.17. The fourth-order valence-electron chi connectivity index (χ4n) is 5.41. The topological polar surface area (TPSA) is 203 Å². The van der Waals surface area contributed by atoms with Gasteiger partial charge in [0, 0.05) is 24.8 Å². The van der Waals surface area contributed by atoms with Gasteiger partial charge in [0.25, 0.3) is 17.4 Å². The molecule has 0 radical (unpaired) electrons. The predicted molar refractivity (Wildman–Crippen MR) is 193 cm³/mol. The van der Waals surface area contributed by atoms with Crippen LogP contribution in [0.2, 0.25) is 0 Å². The van der Waals surface area contributed by atoms with Crippen molar-refractivity contribution in [1.29, 1.82) is 0 Å². The Hall–Kier alpha value is -5.90. The van der Waals surface area contributed by atoms with E-state index in [4.69, 9.17) is 4.52 Å². The van der Waals surface area contributed by atoms with Crippen LogP contribution in [0.4, 0.5) is 11.5 Å². The first-order valence-electron chi connectivity index (χ1n) is 16.4. The van der Waals surface area contributed by atoms with Crippen molar-refractivity contribution in [1.82, 2.24) is 28.8 Å². The first kappa shape index (κ1) is 37.9. The van der Waals surface area contributed by atoms with Crippen molar-refractivity contribution in [2.45, 2.75) is 61.1 Å². The lowest BCUT2D eigenvalue weighted by molar-refractivity contribution is -0.375. The van der Waals surface area contributed by atoms with E-state index in [1.165, 1.54) is 16.9 Å². The van der Waals surface area contributed by atoms with E-state index in [0.717, 1.165) is 29.3 Å². The molecule has 0 unspecified atom stereocenters. The quantitative estimate of drug-likeness (QED) is 0.135. The van der Waals surface area contributed by atoms with Gasteiger partial charge >= 0.3 is 6.10 Å². The lowest BCUT2D eigenvalue weighted by atomic mass is 10.0. The van der Waals surface area contributed by atoms with E-state index in [1.54, 1.807) is 33.0 Å². The van der Waals surface area contributed by atoms with Crippen molar-refractivity contribution in [3.63, 3.8) is 0 Å². The van der Waals surface area contributed by atoms with Crippen molar-refractivity contribution in [2.24, 2.45) is 7.05 Å². The van der Waals surface area contributed by atoms with Crippen LogP contribution < -0.4 is 16.2 Å². The van der Waals surface area contributed by atoms with E-state index in [2.05, 4.69) is 25.6 Å². The van der Waals surface area contributed by atoms with Gasteiger partial charge in [-0.3, -0.25) is 19.0 Å². The third kappa shape index (κ3) is 7.96. The van der Waals surface area contributed by atoms with Gasteiger partial charge in [-0.2, -0.15) is 4.74 Å². The molecule has 0 aliphatic heterocycles. The van der Waals surface area contributed by atoms with Crippen LogP contribution in [0.15, 0.2) is 76.4 Å². The largest absolute Gasteiger partial charge is 0.381 e. The molecule has 2 aromatic carbocycles. The molecule has 0 spiro atoms. The number of carbonyl (C=O) groups is 2. The Morgan fingerprint density at radius 2 is 1.57 bits per heavy atom. The maximum absolute atomic E-state index is 13.7. The Kier molecular flexibility index (Phi) is 11.7. The molecule has 0 saturated heterocycles. The monoisotopic (exact) mass is 698 g/mol. The van der Waals surface area contributed by atoms with E-state index in [9.17, 15) is 29.7 Å². The van der Waals surface area contributed by atoms with Crippen molar-refractivity contribution < 1.29 is 29.4 Å². The van der Waals surface area contributed by atoms with Gasteiger partial charge in [-0.25, -0.2) is 15.0 Å². The first-order valence-corrected chi connectivity index (χ1v) is 16.4. The molecular weight excluding hydrogens is 656 g/mol. The summed E-state index contributed by atoms with van der Waals surface area (Å²) in [5, 5.41) is 33.1. The summed E-state index contributed by atoms with van der Waals surface area (Å²) in [6.45, 7) is 13.9. The number of amides is 2. The smallest absolute Gasteiger partial charge is 0.374 e. The van der Waals surface area contributed by atoms with Gasteiger partial charge in [0.05, 0.1) is 28.5 Å². The molecule has 15 heteroatoms. The van der Waals surface area contributed by atoms with Crippen LogP contribution in [0.5, 0.6) is 0 Å². The summed E-state index contributed by atoms with van der Waals surface area (Å²) in [5.41, 5.74) is 4.41. The summed E-state index contributed by atoms with van der Waals surface area (Å²) in [7, 11) is 1.56. The highest BCUT2D eigenvalue weighted by Crippen LogP contribution is 2.31. The van der Waals surface area contributed by atoms with Gasteiger partial charge in [-0.15, -0.1) is 0 Å². The van der Waals surface area contributed by atoms with Crippen LogP contribution in [0.3, 0.4) is 0 Å². The predicted octanol–water partition coefficient (Wildman–Crippen LogP) is 4.99. The molecule has 0 bridgehead atoms. The minimum Gasteiger partial charge on any atom is -0.381 e. The normalized spacial score (nSPS) is 11.0. The molecule has 6 aromatic rings. The van der Waals surface area contributed by atoms with Gasteiger partial charge in [0.2, 0.25) is 0 Å². The summed E-state index contributed by atoms with van der Waals surface area (Å²) in [6.07, 6.45) is -1.22. The zero-order valence-electron chi connectivity index (χ0n) is 29.7. The molecule has 15 nitrogen and oxygen atoms in total. The molecule has 4 aromatic heterocycles. The molecule has 2 amide bonds. The number of aromatic nitrogens is 6. The number of aryl methyl sites for hydroxylation is 4. The molecule has 6 rings (SSSR count). The van der Waals surface area contributed by atoms with E-state index in [-0.39, 0.29) is 22.6 Å². The van der Waals surface area contributed by atoms with Gasteiger partial charge < -0.3 is 35.0 Å². The molecule has 5 N–H and O–H groups in total. The number of nitrogens with one attached hydrogen (secondary N) is 2.